The highest BCUT2D eigenvalue weighted by atomic mass is 19.1. The minimum atomic E-state index is -0.632. The predicted octanol–water partition coefficient (Wildman–Crippen LogP) is 1.70. The third kappa shape index (κ3) is 2.92. The summed E-state index contributed by atoms with van der Waals surface area (Å²) in [6.45, 7) is 4.20. The summed E-state index contributed by atoms with van der Waals surface area (Å²) in [6.07, 6.45) is 0.495. The molecule has 1 N–H and O–H groups in total. The molecule has 0 unspecified atom stereocenters. The lowest BCUT2D eigenvalue weighted by Gasteiger charge is -2.17. The van der Waals surface area contributed by atoms with Crippen LogP contribution in [0.3, 0.4) is 0 Å². The summed E-state index contributed by atoms with van der Waals surface area (Å²) in [5, 5.41) is 2.75. The van der Waals surface area contributed by atoms with E-state index < -0.39 is 5.92 Å². The molecule has 5 heteroatoms. The molecule has 0 aliphatic carbocycles. The summed E-state index contributed by atoms with van der Waals surface area (Å²) in [5.41, 5.74) is 0.631. The van der Waals surface area contributed by atoms with Crippen LogP contribution < -0.4 is 10.2 Å². The van der Waals surface area contributed by atoms with E-state index >= 15 is 0 Å². The van der Waals surface area contributed by atoms with Gasteiger partial charge in [-0.05, 0) is 44.5 Å². The highest BCUT2D eigenvalue weighted by Gasteiger charge is 2.37. The molecule has 0 spiro atoms. The van der Waals surface area contributed by atoms with Gasteiger partial charge in [-0.3, -0.25) is 9.59 Å². The van der Waals surface area contributed by atoms with Gasteiger partial charge in [0.25, 0.3) is 0 Å². The van der Waals surface area contributed by atoms with E-state index in [1.807, 2.05) is 13.8 Å². The van der Waals surface area contributed by atoms with Crippen LogP contribution in [-0.4, -0.2) is 24.4 Å². The number of nitrogens with one attached hydrogen (secondary N) is 1. The number of carbonyl (C=O) groups is 2. The first-order valence-electron chi connectivity index (χ1n) is 6.36. The minimum Gasteiger partial charge on any atom is -0.353 e. The second kappa shape index (κ2) is 5.38. The molecule has 0 aromatic heterocycles. The van der Waals surface area contributed by atoms with E-state index in [1.54, 1.807) is 12.1 Å². The fourth-order valence-electron chi connectivity index (χ4n) is 2.19. The molecule has 1 saturated heterocycles. The molecule has 0 saturated carbocycles. The predicted molar refractivity (Wildman–Crippen MR) is 70.1 cm³/mol. The van der Waals surface area contributed by atoms with E-state index in [4.69, 9.17) is 0 Å². The van der Waals surface area contributed by atoms with E-state index in [0.29, 0.717) is 18.7 Å². The number of hydrogen-bond acceptors (Lipinski definition) is 2. The smallest absolute Gasteiger partial charge is 0.239 e. The molecule has 2 amide bonds. The van der Waals surface area contributed by atoms with Crippen molar-refractivity contribution < 1.29 is 14.0 Å². The number of amides is 2. The Kier molecular flexibility index (Phi) is 3.83. The van der Waals surface area contributed by atoms with Gasteiger partial charge in [0.1, 0.15) is 11.7 Å². The second-order valence-corrected chi connectivity index (χ2v) is 4.97. The summed E-state index contributed by atoms with van der Waals surface area (Å²) in [7, 11) is 0. The third-order valence-electron chi connectivity index (χ3n) is 3.09. The van der Waals surface area contributed by atoms with Crippen molar-refractivity contribution >= 4 is 17.5 Å². The van der Waals surface area contributed by atoms with Gasteiger partial charge in [-0.15, -0.1) is 0 Å². The molecule has 4 nitrogen and oxygen atoms in total. The maximum absolute atomic E-state index is 12.9. The number of nitrogens with zero attached hydrogens (tertiary/aromatic N) is 1. The maximum Gasteiger partial charge on any atom is 0.239 e. The molecule has 2 rings (SSSR count). The van der Waals surface area contributed by atoms with Crippen molar-refractivity contribution in [2.75, 3.05) is 11.4 Å². The maximum atomic E-state index is 12.9. The van der Waals surface area contributed by atoms with Crippen LogP contribution in [0.5, 0.6) is 0 Å². The summed E-state index contributed by atoms with van der Waals surface area (Å²) >= 11 is 0. The zero-order chi connectivity index (χ0) is 14.0. The van der Waals surface area contributed by atoms with Crippen LogP contribution in [0.15, 0.2) is 24.3 Å². The van der Waals surface area contributed by atoms with Crippen LogP contribution in [0.25, 0.3) is 0 Å². The Labute approximate surface area is 111 Å². The lowest BCUT2D eigenvalue weighted by atomic mass is 10.1. The van der Waals surface area contributed by atoms with Crippen LogP contribution in [0, 0.1) is 11.7 Å². The highest BCUT2D eigenvalue weighted by Crippen LogP contribution is 2.25. The lowest BCUT2D eigenvalue weighted by Crippen LogP contribution is -2.39. The fourth-order valence-corrected chi connectivity index (χ4v) is 2.19. The zero-order valence-corrected chi connectivity index (χ0v) is 11.0. The fraction of sp³-hybridized carbons (Fsp3) is 0.429. The molecule has 1 aliphatic rings. The molecule has 1 heterocycles. The van der Waals surface area contributed by atoms with Gasteiger partial charge in [0.15, 0.2) is 0 Å². The summed E-state index contributed by atoms with van der Waals surface area (Å²) in [4.78, 5) is 25.6. The summed E-state index contributed by atoms with van der Waals surface area (Å²) in [6, 6.07) is 5.74. The van der Waals surface area contributed by atoms with Crippen LogP contribution in [-0.2, 0) is 9.59 Å². The molecule has 1 aromatic carbocycles. The average Bonchev–Trinajstić information content (AvgIpc) is 2.71. The van der Waals surface area contributed by atoms with Crippen LogP contribution in [0.1, 0.15) is 20.3 Å². The van der Waals surface area contributed by atoms with Gasteiger partial charge in [-0.2, -0.15) is 0 Å². The van der Waals surface area contributed by atoms with Gasteiger partial charge in [0.2, 0.25) is 11.8 Å². The van der Waals surface area contributed by atoms with Gasteiger partial charge in [0, 0.05) is 18.3 Å². The molecule has 1 atom stereocenters. The normalized spacial score (nSPS) is 19.1. The Balaban J connectivity index is 2.09. The number of halogens is 1. The van der Waals surface area contributed by atoms with Crippen molar-refractivity contribution in [2.45, 2.75) is 26.3 Å². The highest BCUT2D eigenvalue weighted by molar-refractivity contribution is 6.09. The van der Waals surface area contributed by atoms with Gasteiger partial charge >= 0.3 is 0 Å². The first-order chi connectivity index (χ1) is 8.99. The van der Waals surface area contributed by atoms with Gasteiger partial charge in [-0.1, -0.05) is 0 Å². The second-order valence-electron chi connectivity index (χ2n) is 4.97. The minimum absolute atomic E-state index is 0.0140. The van der Waals surface area contributed by atoms with Crippen molar-refractivity contribution in [2.24, 2.45) is 5.92 Å². The van der Waals surface area contributed by atoms with E-state index in [1.165, 1.54) is 17.0 Å². The van der Waals surface area contributed by atoms with Crippen molar-refractivity contribution in [3.63, 3.8) is 0 Å². The van der Waals surface area contributed by atoms with Crippen LogP contribution in [0.4, 0.5) is 10.1 Å². The molecule has 1 fully saturated rings. The number of rotatable bonds is 3. The van der Waals surface area contributed by atoms with E-state index in [9.17, 15) is 14.0 Å². The average molecular weight is 264 g/mol. The number of anilines is 1. The Morgan fingerprint density at radius 2 is 2.00 bits per heavy atom. The van der Waals surface area contributed by atoms with Crippen molar-refractivity contribution in [1.82, 2.24) is 5.32 Å². The Bertz CT molecular complexity index is 485. The van der Waals surface area contributed by atoms with Gasteiger partial charge in [-0.25, -0.2) is 4.39 Å². The standard InChI is InChI=1S/C14H17FN2O2/c1-9(2)16-13(18)12-7-8-17(14(12)19)11-5-3-10(15)4-6-11/h3-6,9,12H,7-8H2,1-2H3,(H,16,18)/t12-/m1/s1. The Morgan fingerprint density at radius 3 is 2.58 bits per heavy atom. The molecule has 0 bridgehead atoms. The number of carbonyl (C=O) groups excluding carboxylic acids is 2. The molecule has 1 aliphatic heterocycles. The van der Waals surface area contributed by atoms with Crippen LogP contribution in [0.2, 0.25) is 0 Å². The summed E-state index contributed by atoms with van der Waals surface area (Å²) in [5.74, 6) is -1.42. The largest absolute Gasteiger partial charge is 0.353 e. The molecule has 0 radical (unpaired) electrons. The van der Waals surface area contributed by atoms with Crippen molar-refractivity contribution in [3.8, 4) is 0 Å². The molecule has 19 heavy (non-hydrogen) atoms. The van der Waals surface area contributed by atoms with Gasteiger partial charge < -0.3 is 10.2 Å². The molecule has 1 aromatic rings. The topological polar surface area (TPSA) is 49.4 Å². The number of benzene rings is 1. The quantitative estimate of drug-likeness (QED) is 0.845. The van der Waals surface area contributed by atoms with Crippen molar-refractivity contribution in [3.05, 3.63) is 30.1 Å². The summed E-state index contributed by atoms with van der Waals surface area (Å²) < 4.78 is 12.9. The SMILES string of the molecule is CC(C)NC(=O)[C@H]1CCN(c2ccc(F)cc2)C1=O. The number of hydrogen-bond donors (Lipinski definition) is 1. The zero-order valence-electron chi connectivity index (χ0n) is 11.0. The molecular weight excluding hydrogens is 247 g/mol. The molecular formula is C14H17FN2O2. The Morgan fingerprint density at radius 1 is 1.37 bits per heavy atom. The first-order valence-corrected chi connectivity index (χ1v) is 6.36. The monoisotopic (exact) mass is 264 g/mol. The van der Waals surface area contributed by atoms with E-state index in [2.05, 4.69) is 5.32 Å². The van der Waals surface area contributed by atoms with Crippen molar-refractivity contribution in [1.29, 1.82) is 0 Å². The van der Waals surface area contributed by atoms with E-state index in [0.717, 1.165) is 0 Å². The first kappa shape index (κ1) is 13.5. The Hall–Kier alpha value is -1.91. The molecule has 102 valence electrons. The lowest BCUT2D eigenvalue weighted by molar-refractivity contribution is -0.132. The van der Waals surface area contributed by atoms with Crippen LogP contribution >= 0.6 is 0 Å². The third-order valence-corrected chi connectivity index (χ3v) is 3.09. The van der Waals surface area contributed by atoms with Gasteiger partial charge in [0.05, 0.1) is 0 Å². The van der Waals surface area contributed by atoms with E-state index in [-0.39, 0.29) is 23.7 Å².